The first-order chi connectivity index (χ1) is 9.67. The van der Waals surface area contributed by atoms with Crippen molar-refractivity contribution in [2.75, 3.05) is 11.9 Å². The molecule has 0 radical (unpaired) electrons. The van der Waals surface area contributed by atoms with E-state index in [9.17, 15) is 10.0 Å². The van der Waals surface area contributed by atoms with Crippen LogP contribution >= 0.6 is 0 Å². The third-order valence-electron chi connectivity index (χ3n) is 2.66. The maximum atomic E-state index is 11.6. The minimum absolute atomic E-state index is 0.140. The van der Waals surface area contributed by atoms with Gasteiger partial charge in [-0.05, 0) is 12.3 Å². The van der Waals surface area contributed by atoms with Gasteiger partial charge in [0.1, 0.15) is 6.33 Å². The first-order valence-corrected chi connectivity index (χ1v) is 5.73. The molecule has 2 rings (SSSR count). The summed E-state index contributed by atoms with van der Waals surface area (Å²) in [5, 5.41) is 13.2. The van der Waals surface area contributed by atoms with E-state index in [0.29, 0.717) is 22.3 Å². The van der Waals surface area contributed by atoms with Crippen LogP contribution in [0.2, 0.25) is 0 Å². The van der Waals surface area contributed by atoms with Crippen LogP contribution in [0.4, 0.5) is 5.69 Å². The lowest BCUT2D eigenvalue weighted by molar-refractivity contribution is 0.186. The van der Waals surface area contributed by atoms with Crippen molar-refractivity contribution < 1.29 is 5.21 Å². The van der Waals surface area contributed by atoms with Crippen molar-refractivity contribution in [3.05, 3.63) is 53.4 Å². The summed E-state index contributed by atoms with van der Waals surface area (Å²) >= 11 is 0. The van der Waals surface area contributed by atoms with Crippen molar-refractivity contribution in [3.63, 3.8) is 0 Å². The molecule has 0 aromatic carbocycles. The fourth-order valence-electron chi connectivity index (χ4n) is 1.68. The summed E-state index contributed by atoms with van der Waals surface area (Å²) in [4.78, 5) is 23.1. The van der Waals surface area contributed by atoms with E-state index in [2.05, 4.69) is 33.6 Å². The minimum Gasteiger partial charge on any atom is -0.423 e. The van der Waals surface area contributed by atoms with E-state index in [1.165, 1.54) is 18.6 Å². The van der Waals surface area contributed by atoms with Crippen molar-refractivity contribution in [2.45, 2.75) is 0 Å². The summed E-state index contributed by atoms with van der Waals surface area (Å²) in [6.07, 6.45) is 5.97. The van der Waals surface area contributed by atoms with E-state index >= 15 is 0 Å². The summed E-state index contributed by atoms with van der Waals surface area (Å²) in [6.45, 7) is 7.43. The van der Waals surface area contributed by atoms with Crippen LogP contribution in [0.15, 0.2) is 52.8 Å². The van der Waals surface area contributed by atoms with Gasteiger partial charge in [0, 0.05) is 25.0 Å². The Morgan fingerprint density at radius 1 is 1.60 bits per heavy atom. The molecule has 0 aliphatic heterocycles. The normalized spacial score (nSPS) is 11.3. The molecule has 2 heterocycles. The number of anilines is 1. The molecule has 0 spiro atoms. The second-order valence-corrected chi connectivity index (χ2v) is 3.91. The Morgan fingerprint density at radius 2 is 2.40 bits per heavy atom. The topological polar surface area (TPSA) is 92.4 Å². The second-order valence-electron chi connectivity index (χ2n) is 3.91. The molecule has 0 saturated heterocycles. The zero-order valence-electron chi connectivity index (χ0n) is 10.7. The molecule has 0 bridgehead atoms. The van der Waals surface area contributed by atoms with Crippen molar-refractivity contribution in [1.82, 2.24) is 14.7 Å². The van der Waals surface area contributed by atoms with Gasteiger partial charge in [0.25, 0.3) is 5.56 Å². The van der Waals surface area contributed by atoms with Gasteiger partial charge in [-0.25, -0.2) is 9.97 Å². The number of rotatable bonds is 5. The van der Waals surface area contributed by atoms with E-state index in [-0.39, 0.29) is 5.65 Å². The molecule has 0 aliphatic rings. The number of fused-ring (bicyclic) bond motifs is 1. The number of nitrogens with zero attached hydrogens (tertiary/aromatic N) is 4. The van der Waals surface area contributed by atoms with E-state index in [1.54, 1.807) is 12.3 Å². The average molecular weight is 271 g/mol. The molecule has 2 aromatic rings. The van der Waals surface area contributed by atoms with Crippen molar-refractivity contribution >= 4 is 23.4 Å². The Kier molecular flexibility index (Phi) is 3.90. The third-order valence-corrected chi connectivity index (χ3v) is 2.66. The summed E-state index contributed by atoms with van der Waals surface area (Å²) in [7, 11) is 0. The zero-order valence-corrected chi connectivity index (χ0v) is 10.7. The molecular weight excluding hydrogens is 258 g/mol. The minimum atomic E-state index is -0.579. The predicted octanol–water partition coefficient (Wildman–Crippen LogP) is 1.21. The van der Waals surface area contributed by atoms with Crippen LogP contribution in [-0.4, -0.2) is 33.2 Å². The first-order valence-electron chi connectivity index (χ1n) is 5.73. The Bertz CT molecular complexity index is 748. The molecule has 2 N–H and O–H groups in total. The fraction of sp³-hybridized carbons (Fsp3) is 0.0769. The van der Waals surface area contributed by atoms with Gasteiger partial charge >= 0.3 is 0 Å². The highest BCUT2D eigenvalue weighted by Gasteiger charge is 2.09. The van der Waals surface area contributed by atoms with E-state index in [4.69, 9.17) is 0 Å². The van der Waals surface area contributed by atoms with Crippen molar-refractivity contribution in [3.8, 4) is 0 Å². The maximum absolute atomic E-state index is 11.6. The van der Waals surface area contributed by atoms with Crippen LogP contribution < -0.4 is 10.9 Å². The van der Waals surface area contributed by atoms with Crippen LogP contribution in [0.1, 0.15) is 0 Å². The summed E-state index contributed by atoms with van der Waals surface area (Å²) in [5.41, 5.74) is 0.886. The molecule has 102 valence electrons. The Hall–Kier alpha value is -2.96. The van der Waals surface area contributed by atoms with Crippen molar-refractivity contribution in [2.24, 2.45) is 4.99 Å². The van der Waals surface area contributed by atoms with Gasteiger partial charge < -0.3 is 10.5 Å². The summed E-state index contributed by atoms with van der Waals surface area (Å²) < 4.78 is 0.484. The van der Waals surface area contributed by atoms with Gasteiger partial charge in [0.05, 0.1) is 11.1 Å². The molecule has 20 heavy (non-hydrogen) atoms. The third kappa shape index (κ3) is 2.56. The van der Waals surface area contributed by atoms with Crippen LogP contribution in [0, 0.1) is 0 Å². The van der Waals surface area contributed by atoms with Crippen LogP contribution in [0.5, 0.6) is 0 Å². The first kappa shape index (κ1) is 13.5. The molecule has 0 fully saturated rings. The van der Waals surface area contributed by atoms with Gasteiger partial charge in [-0.15, -0.1) is 4.73 Å². The molecule has 0 unspecified atom stereocenters. The highest BCUT2D eigenvalue weighted by Crippen LogP contribution is 2.18. The Morgan fingerprint density at radius 3 is 3.10 bits per heavy atom. The lowest BCUT2D eigenvalue weighted by Crippen LogP contribution is -2.19. The Balaban J connectivity index is 2.42. The average Bonchev–Trinajstić information content (AvgIpc) is 2.48. The quantitative estimate of drug-likeness (QED) is 0.484. The van der Waals surface area contributed by atoms with E-state index in [1.807, 2.05) is 0 Å². The van der Waals surface area contributed by atoms with Crippen LogP contribution in [0.25, 0.3) is 11.0 Å². The van der Waals surface area contributed by atoms with Gasteiger partial charge in [-0.2, -0.15) is 0 Å². The number of pyridine rings is 1. The SMILES string of the molecule is C=C/C(=C\N=C)CNc1cc(=O)n(O)c2ncncc12. The largest absolute Gasteiger partial charge is 0.423 e. The number of hydrogen-bond donors (Lipinski definition) is 2. The van der Waals surface area contributed by atoms with Gasteiger partial charge in [0.15, 0.2) is 5.65 Å². The lowest BCUT2D eigenvalue weighted by atomic mass is 10.2. The monoisotopic (exact) mass is 271 g/mol. The molecule has 7 heteroatoms. The molecule has 2 aromatic heterocycles. The smallest absolute Gasteiger partial charge is 0.286 e. The number of hydrogen-bond acceptors (Lipinski definition) is 6. The number of aromatic nitrogens is 3. The highest BCUT2D eigenvalue weighted by atomic mass is 16.5. The summed E-state index contributed by atoms with van der Waals surface area (Å²) in [5.74, 6) is 0. The van der Waals surface area contributed by atoms with Crippen molar-refractivity contribution in [1.29, 1.82) is 0 Å². The summed E-state index contributed by atoms with van der Waals surface area (Å²) in [6, 6.07) is 1.27. The molecule has 0 aliphatic carbocycles. The molecule has 7 nitrogen and oxygen atoms in total. The standard InChI is InChI=1S/C13H13N5O2/c1-3-9(5-14-2)6-16-11-4-12(19)18(20)13-10(11)7-15-8-17-13/h3-5,7-8,16,20H,1-2,6H2/b9-5+. The second kappa shape index (κ2) is 5.79. The fourth-order valence-corrected chi connectivity index (χ4v) is 1.68. The predicted molar refractivity (Wildman–Crippen MR) is 77.3 cm³/mol. The zero-order chi connectivity index (χ0) is 14.5. The Labute approximate surface area is 114 Å². The molecule has 0 atom stereocenters. The molecule has 0 amide bonds. The van der Waals surface area contributed by atoms with E-state index in [0.717, 1.165) is 5.57 Å². The van der Waals surface area contributed by atoms with Crippen LogP contribution in [-0.2, 0) is 0 Å². The number of nitrogens with one attached hydrogen (secondary N) is 1. The van der Waals surface area contributed by atoms with Gasteiger partial charge in [-0.3, -0.25) is 9.79 Å². The van der Waals surface area contributed by atoms with E-state index < -0.39 is 5.56 Å². The van der Waals surface area contributed by atoms with Gasteiger partial charge in [0.2, 0.25) is 0 Å². The number of aliphatic imine (C=N–C) groups is 1. The van der Waals surface area contributed by atoms with Crippen LogP contribution in [0.3, 0.4) is 0 Å². The van der Waals surface area contributed by atoms with Gasteiger partial charge in [-0.1, -0.05) is 12.7 Å². The highest BCUT2D eigenvalue weighted by molar-refractivity contribution is 5.88. The molecule has 0 saturated carbocycles. The lowest BCUT2D eigenvalue weighted by Gasteiger charge is -2.10. The maximum Gasteiger partial charge on any atom is 0.286 e. The molecular formula is C13H13N5O2.